The van der Waals surface area contributed by atoms with E-state index < -0.39 is 0 Å². The third-order valence-corrected chi connectivity index (χ3v) is 3.59. The maximum Gasteiger partial charge on any atom is 0.228 e. The Morgan fingerprint density at radius 1 is 1.24 bits per heavy atom. The van der Waals surface area contributed by atoms with Crippen molar-refractivity contribution in [2.75, 3.05) is 5.32 Å². The van der Waals surface area contributed by atoms with Crippen molar-refractivity contribution in [3.63, 3.8) is 0 Å². The number of carbonyl (C=O) groups excluding carboxylic acids is 1. The van der Waals surface area contributed by atoms with E-state index in [-0.39, 0.29) is 11.9 Å². The fourth-order valence-corrected chi connectivity index (χ4v) is 2.54. The standard InChI is InChI=1S/C17H23N3O/c1-11(2)20-10-15(9-18-20)19-17(21)8-16-13(4)6-12(3)7-14(16)5/h6-7,9-11H,8H2,1-5H3,(H,19,21). The van der Waals surface area contributed by atoms with Crippen LogP contribution in [0.4, 0.5) is 5.69 Å². The first-order chi connectivity index (χ1) is 9.86. The Balaban J connectivity index is 2.08. The monoisotopic (exact) mass is 285 g/mol. The van der Waals surface area contributed by atoms with Crippen molar-refractivity contribution >= 4 is 11.6 Å². The molecule has 1 amide bonds. The summed E-state index contributed by atoms with van der Waals surface area (Å²) in [6, 6.07) is 4.52. The number of hydrogen-bond acceptors (Lipinski definition) is 2. The molecular formula is C17H23N3O. The molecule has 1 heterocycles. The molecular weight excluding hydrogens is 262 g/mol. The third-order valence-electron chi connectivity index (χ3n) is 3.59. The summed E-state index contributed by atoms with van der Waals surface area (Å²) < 4.78 is 1.83. The molecule has 112 valence electrons. The number of aromatic nitrogens is 2. The van der Waals surface area contributed by atoms with Gasteiger partial charge in [-0.25, -0.2) is 0 Å². The van der Waals surface area contributed by atoms with Gasteiger partial charge in [-0.05, 0) is 51.3 Å². The van der Waals surface area contributed by atoms with Crippen LogP contribution in [0.5, 0.6) is 0 Å². The maximum absolute atomic E-state index is 12.2. The molecule has 0 aliphatic rings. The van der Waals surface area contributed by atoms with Crippen LogP contribution in [0.15, 0.2) is 24.5 Å². The number of rotatable bonds is 4. The van der Waals surface area contributed by atoms with Crippen molar-refractivity contribution < 1.29 is 4.79 Å². The highest BCUT2D eigenvalue weighted by atomic mass is 16.1. The molecule has 4 nitrogen and oxygen atoms in total. The van der Waals surface area contributed by atoms with Crippen molar-refractivity contribution in [1.29, 1.82) is 0 Å². The van der Waals surface area contributed by atoms with E-state index >= 15 is 0 Å². The molecule has 0 saturated heterocycles. The number of hydrogen-bond donors (Lipinski definition) is 1. The largest absolute Gasteiger partial charge is 0.323 e. The molecule has 21 heavy (non-hydrogen) atoms. The molecule has 0 aliphatic heterocycles. The van der Waals surface area contributed by atoms with E-state index in [9.17, 15) is 4.79 Å². The summed E-state index contributed by atoms with van der Waals surface area (Å²) in [5.41, 5.74) is 5.42. The van der Waals surface area contributed by atoms with Crippen molar-refractivity contribution in [3.05, 3.63) is 46.8 Å². The van der Waals surface area contributed by atoms with E-state index in [1.807, 2.05) is 10.9 Å². The van der Waals surface area contributed by atoms with Crippen LogP contribution in [-0.2, 0) is 11.2 Å². The van der Waals surface area contributed by atoms with Gasteiger partial charge in [-0.2, -0.15) is 5.10 Å². The van der Waals surface area contributed by atoms with Gasteiger partial charge < -0.3 is 5.32 Å². The fourth-order valence-electron chi connectivity index (χ4n) is 2.54. The highest BCUT2D eigenvalue weighted by Crippen LogP contribution is 2.18. The second kappa shape index (κ2) is 6.12. The zero-order chi connectivity index (χ0) is 15.6. The van der Waals surface area contributed by atoms with Gasteiger partial charge in [0, 0.05) is 12.2 Å². The minimum Gasteiger partial charge on any atom is -0.323 e. The van der Waals surface area contributed by atoms with Gasteiger partial charge in [-0.15, -0.1) is 0 Å². The van der Waals surface area contributed by atoms with Crippen LogP contribution in [-0.4, -0.2) is 15.7 Å². The zero-order valence-corrected chi connectivity index (χ0v) is 13.4. The molecule has 1 N–H and O–H groups in total. The third kappa shape index (κ3) is 3.72. The van der Waals surface area contributed by atoms with Crippen LogP contribution in [0.1, 0.15) is 42.1 Å². The number of carbonyl (C=O) groups is 1. The molecule has 0 unspecified atom stereocenters. The van der Waals surface area contributed by atoms with Gasteiger partial charge in [0.05, 0.1) is 18.3 Å². The molecule has 2 aromatic rings. The summed E-state index contributed by atoms with van der Waals surface area (Å²) in [5, 5.41) is 7.14. The van der Waals surface area contributed by atoms with E-state index in [0.717, 1.165) is 11.3 Å². The minimum atomic E-state index is -0.00615. The van der Waals surface area contributed by atoms with Crippen molar-refractivity contribution in [2.45, 2.75) is 47.1 Å². The molecule has 2 rings (SSSR count). The molecule has 0 bridgehead atoms. The van der Waals surface area contributed by atoms with Crippen LogP contribution < -0.4 is 5.32 Å². The molecule has 0 spiro atoms. The molecule has 4 heteroatoms. The average Bonchev–Trinajstić information content (AvgIpc) is 2.82. The quantitative estimate of drug-likeness (QED) is 0.933. The number of aryl methyl sites for hydroxylation is 3. The summed E-state index contributed by atoms with van der Waals surface area (Å²) in [5.74, 6) is -0.00615. The van der Waals surface area contributed by atoms with Crippen LogP contribution in [0.25, 0.3) is 0 Å². The van der Waals surface area contributed by atoms with E-state index in [1.165, 1.54) is 16.7 Å². The van der Waals surface area contributed by atoms with E-state index in [4.69, 9.17) is 0 Å². The van der Waals surface area contributed by atoms with Gasteiger partial charge >= 0.3 is 0 Å². The summed E-state index contributed by atoms with van der Waals surface area (Å²) in [7, 11) is 0. The lowest BCUT2D eigenvalue weighted by atomic mass is 9.97. The summed E-state index contributed by atoms with van der Waals surface area (Å²) >= 11 is 0. The average molecular weight is 285 g/mol. The van der Waals surface area contributed by atoms with E-state index in [2.05, 4.69) is 57.2 Å². The minimum absolute atomic E-state index is 0.00615. The molecule has 0 fully saturated rings. The molecule has 0 radical (unpaired) electrons. The lowest BCUT2D eigenvalue weighted by Gasteiger charge is -2.11. The van der Waals surface area contributed by atoms with E-state index in [1.54, 1.807) is 6.20 Å². The Labute approximate surface area is 126 Å². The second-order valence-electron chi connectivity index (χ2n) is 5.90. The molecule has 1 aromatic carbocycles. The van der Waals surface area contributed by atoms with Crippen molar-refractivity contribution in [2.24, 2.45) is 0 Å². The Morgan fingerprint density at radius 2 is 1.86 bits per heavy atom. The number of nitrogens with zero attached hydrogens (tertiary/aromatic N) is 2. The smallest absolute Gasteiger partial charge is 0.228 e. The van der Waals surface area contributed by atoms with Crippen molar-refractivity contribution in [1.82, 2.24) is 9.78 Å². The predicted octanol–water partition coefficient (Wildman–Crippen LogP) is 3.57. The highest BCUT2D eigenvalue weighted by Gasteiger charge is 2.11. The number of benzene rings is 1. The van der Waals surface area contributed by atoms with Crippen LogP contribution in [0.3, 0.4) is 0 Å². The van der Waals surface area contributed by atoms with Crippen LogP contribution in [0, 0.1) is 20.8 Å². The highest BCUT2D eigenvalue weighted by molar-refractivity contribution is 5.92. The van der Waals surface area contributed by atoms with Crippen LogP contribution in [0.2, 0.25) is 0 Å². The predicted molar refractivity (Wildman–Crippen MR) is 85.6 cm³/mol. The number of amides is 1. The SMILES string of the molecule is Cc1cc(C)c(CC(=O)Nc2cnn(C(C)C)c2)c(C)c1. The first-order valence-electron chi connectivity index (χ1n) is 7.27. The van der Waals surface area contributed by atoms with Gasteiger partial charge in [0.1, 0.15) is 0 Å². The normalized spacial score (nSPS) is 11.0. The Bertz CT molecular complexity index is 633. The molecule has 1 aromatic heterocycles. The van der Waals surface area contributed by atoms with E-state index in [0.29, 0.717) is 6.42 Å². The Hall–Kier alpha value is -2.10. The zero-order valence-electron chi connectivity index (χ0n) is 13.4. The van der Waals surface area contributed by atoms with Crippen molar-refractivity contribution in [3.8, 4) is 0 Å². The van der Waals surface area contributed by atoms with Gasteiger partial charge in [0.15, 0.2) is 0 Å². The topological polar surface area (TPSA) is 46.9 Å². The number of nitrogens with one attached hydrogen (secondary N) is 1. The Kier molecular flexibility index (Phi) is 4.46. The molecule has 0 atom stereocenters. The lowest BCUT2D eigenvalue weighted by molar-refractivity contribution is -0.115. The summed E-state index contributed by atoms with van der Waals surface area (Å²) in [6.07, 6.45) is 3.94. The summed E-state index contributed by atoms with van der Waals surface area (Å²) in [6.45, 7) is 10.3. The number of anilines is 1. The van der Waals surface area contributed by atoms with Gasteiger partial charge in [-0.1, -0.05) is 17.7 Å². The van der Waals surface area contributed by atoms with Gasteiger partial charge in [0.25, 0.3) is 0 Å². The maximum atomic E-state index is 12.2. The second-order valence-corrected chi connectivity index (χ2v) is 5.90. The van der Waals surface area contributed by atoms with Gasteiger partial charge in [0.2, 0.25) is 5.91 Å². The molecule has 0 aliphatic carbocycles. The first kappa shape index (κ1) is 15.3. The molecule has 0 saturated carbocycles. The fraction of sp³-hybridized carbons (Fsp3) is 0.412. The Morgan fingerprint density at radius 3 is 2.38 bits per heavy atom. The van der Waals surface area contributed by atoms with Crippen LogP contribution >= 0.6 is 0 Å². The first-order valence-corrected chi connectivity index (χ1v) is 7.27. The van der Waals surface area contributed by atoms with Gasteiger partial charge in [-0.3, -0.25) is 9.48 Å². The summed E-state index contributed by atoms with van der Waals surface area (Å²) in [4.78, 5) is 12.2. The lowest BCUT2D eigenvalue weighted by Crippen LogP contribution is -2.15.